The van der Waals surface area contributed by atoms with E-state index in [4.69, 9.17) is 0 Å². The zero-order chi connectivity index (χ0) is 12.8. The Bertz CT molecular complexity index is 539. The summed E-state index contributed by atoms with van der Waals surface area (Å²) in [6, 6.07) is 14.1. The third-order valence-corrected chi connectivity index (χ3v) is 3.61. The second kappa shape index (κ2) is 6.45. The highest BCUT2D eigenvalue weighted by molar-refractivity contribution is 7.99. The van der Waals surface area contributed by atoms with E-state index < -0.39 is 0 Å². The van der Waals surface area contributed by atoms with Gasteiger partial charge < -0.3 is 5.32 Å². The second-order valence-electron chi connectivity index (χ2n) is 4.06. The molecule has 0 aliphatic heterocycles. The first-order valence-electron chi connectivity index (χ1n) is 6.16. The van der Waals surface area contributed by atoms with Gasteiger partial charge in [-0.2, -0.15) is 11.8 Å². The number of fused-ring (bicyclic) bond motifs is 1. The number of rotatable bonds is 5. The van der Waals surface area contributed by atoms with Gasteiger partial charge in [0.05, 0.1) is 0 Å². The van der Waals surface area contributed by atoms with Crippen LogP contribution in [0.1, 0.15) is 13.3 Å². The summed E-state index contributed by atoms with van der Waals surface area (Å²) in [5.74, 6) is 2.03. The monoisotopic (exact) mass is 259 g/mol. The maximum Gasteiger partial charge on any atom is 0.225 e. The van der Waals surface area contributed by atoms with Gasteiger partial charge in [-0.1, -0.05) is 37.3 Å². The molecule has 94 valence electrons. The Balaban J connectivity index is 2.01. The summed E-state index contributed by atoms with van der Waals surface area (Å²) in [6.07, 6.45) is 0.575. The largest absolute Gasteiger partial charge is 0.326 e. The Morgan fingerprint density at radius 2 is 1.94 bits per heavy atom. The predicted octanol–water partition coefficient (Wildman–Crippen LogP) is 3.92. The molecule has 0 aromatic heterocycles. The summed E-state index contributed by atoms with van der Waals surface area (Å²) in [6.45, 7) is 2.10. The van der Waals surface area contributed by atoms with Gasteiger partial charge in [-0.15, -0.1) is 0 Å². The predicted molar refractivity (Wildman–Crippen MR) is 80.2 cm³/mol. The third kappa shape index (κ3) is 3.50. The van der Waals surface area contributed by atoms with Gasteiger partial charge in [0.1, 0.15) is 0 Å². The molecule has 3 heteroatoms. The maximum atomic E-state index is 11.7. The van der Waals surface area contributed by atoms with Gasteiger partial charge in [-0.3, -0.25) is 4.79 Å². The van der Waals surface area contributed by atoms with Crippen molar-refractivity contribution in [3.8, 4) is 0 Å². The highest BCUT2D eigenvalue weighted by atomic mass is 32.2. The van der Waals surface area contributed by atoms with E-state index in [1.54, 1.807) is 11.8 Å². The molecule has 2 rings (SSSR count). The van der Waals surface area contributed by atoms with Crippen LogP contribution < -0.4 is 5.32 Å². The van der Waals surface area contributed by atoms with Crippen LogP contribution in [0.4, 0.5) is 5.69 Å². The number of carbonyl (C=O) groups is 1. The number of thioether (sulfide) groups is 1. The number of benzene rings is 2. The lowest BCUT2D eigenvalue weighted by atomic mass is 10.1. The summed E-state index contributed by atoms with van der Waals surface area (Å²) in [5.41, 5.74) is 0.875. The minimum absolute atomic E-state index is 0.0891. The summed E-state index contributed by atoms with van der Waals surface area (Å²) in [4.78, 5) is 11.7. The first-order chi connectivity index (χ1) is 8.79. The van der Waals surface area contributed by atoms with Crippen LogP contribution in [-0.4, -0.2) is 17.4 Å². The van der Waals surface area contributed by atoms with Gasteiger partial charge in [0.25, 0.3) is 0 Å². The van der Waals surface area contributed by atoms with Crippen molar-refractivity contribution in [3.05, 3.63) is 42.5 Å². The Kier molecular flexibility index (Phi) is 4.65. The second-order valence-corrected chi connectivity index (χ2v) is 5.45. The van der Waals surface area contributed by atoms with Crippen molar-refractivity contribution < 1.29 is 4.79 Å². The van der Waals surface area contributed by atoms with Crippen molar-refractivity contribution in [2.24, 2.45) is 0 Å². The molecule has 0 atom stereocenters. The first-order valence-corrected chi connectivity index (χ1v) is 7.31. The van der Waals surface area contributed by atoms with Crippen molar-refractivity contribution in [2.45, 2.75) is 13.3 Å². The zero-order valence-corrected chi connectivity index (χ0v) is 11.3. The Morgan fingerprint density at radius 3 is 2.72 bits per heavy atom. The summed E-state index contributed by atoms with van der Waals surface area (Å²) in [7, 11) is 0. The maximum absolute atomic E-state index is 11.7. The fourth-order valence-corrected chi connectivity index (χ4v) is 2.42. The van der Waals surface area contributed by atoms with Crippen molar-refractivity contribution in [1.29, 1.82) is 0 Å². The molecule has 2 nitrogen and oxygen atoms in total. The molecule has 18 heavy (non-hydrogen) atoms. The Labute approximate surface area is 112 Å². The number of carbonyl (C=O) groups excluding carboxylic acids is 1. The summed E-state index contributed by atoms with van der Waals surface area (Å²) in [5, 5.41) is 5.28. The molecular formula is C15H17NOS. The van der Waals surface area contributed by atoms with E-state index in [2.05, 4.69) is 24.4 Å². The number of hydrogen-bond donors (Lipinski definition) is 1. The minimum Gasteiger partial charge on any atom is -0.326 e. The Hall–Kier alpha value is -1.48. The molecule has 0 aliphatic rings. The van der Waals surface area contributed by atoms with Gasteiger partial charge in [0.2, 0.25) is 5.91 Å². The fraction of sp³-hybridized carbons (Fsp3) is 0.267. The molecule has 0 saturated heterocycles. The van der Waals surface area contributed by atoms with Crippen LogP contribution in [0.5, 0.6) is 0 Å². The molecule has 0 saturated carbocycles. The number of hydrogen-bond acceptors (Lipinski definition) is 2. The highest BCUT2D eigenvalue weighted by Gasteiger charge is 2.02. The van der Waals surface area contributed by atoms with E-state index in [1.807, 2.05) is 30.3 Å². The number of amides is 1. The topological polar surface area (TPSA) is 29.1 Å². The van der Waals surface area contributed by atoms with Crippen molar-refractivity contribution in [2.75, 3.05) is 16.8 Å². The number of anilines is 1. The highest BCUT2D eigenvalue weighted by Crippen LogP contribution is 2.19. The SMILES string of the molecule is CCSCCC(=O)Nc1ccc2ccccc2c1. The van der Waals surface area contributed by atoms with E-state index in [0.717, 1.165) is 22.6 Å². The molecular weight excluding hydrogens is 242 g/mol. The molecule has 2 aromatic rings. The molecule has 1 N–H and O–H groups in total. The lowest BCUT2D eigenvalue weighted by molar-refractivity contribution is -0.115. The molecule has 0 unspecified atom stereocenters. The average molecular weight is 259 g/mol. The molecule has 2 aromatic carbocycles. The van der Waals surface area contributed by atoms with Crippen molar-refractivity contribution in [1.82, 2.24) is 0 Å². The van der Waals surface area contributed by atoms with Crippen LogP contribution in [-0.2, 0) is 4.79 Å². The first kappa shape index (κ1) is 13.0. The van der Waals surface area contributed by atoms with E-state index >= 15 is 0 Å². The number of nitrogens with one attached hydrogen (secondary N) is 1. The fourth-order valence-electron chi connectivity index (χ4n) is 1.80. The van der Waals surface area contributed by atoms with E-state index in [9.17, 15) is 4.79 Å². The van der Waals surface area contributed by atoms with Gasteiger partial charge >= 0.3 is 0 Å². The minimum atomic E-state index is 0.0891. The lowest BCUT2D eigenvalue weighted by Gasteiger charge is -2.06. The van der Waals surface area contributed by atoms with E-state index in [-0.39, 0.29) is 5.91 Å². The van der Waals surface area contributed by atoms with Crippen LogP contribution in [0.25, 0.3) is 10.8 Å². The molecule has 0 bridgehead atoms. The Morgan fingerprint density at radius 1 is 1.17 bits per heavy atom. The van der Waals surface area contributed by atoms with Crippen LogP contribution in [0.2, 0.25) is 0 Å². The normalized spacial score (nSPS) is 10.5. The standard InChI is InChI=1S/C15H17NOS/c1-2-18-10-9-15(17)16-14-8-7-12-5-3-4-6-13(12)11-14/h3-8,11H,2,9-10H2,1H3,(H,16,17). The summed E-state index contributed by atoms with van der Waals surface area (Å²) < 4.78 is 0. The van der Waals surface area contributed by atoms with Gasteiger partial charge in [-0.25, -0.2) is 0 Å². The van der Waals surface area contributed by atoms with Gasteiger partial charge in [0.15, 0.2) is 0 Å². The van der Waals surface area contributed by atoms with E-state index in [0.29, 0.717) is 6.42 Å². The summed E-state index contributed by atoms with van der Waals surface area (Å²) >= 11 is 1.79. The van der Waals surface area contributed by atoms with Crippen LogP contribution in [0.3, 0.4) is 0 Å². The van der Waals surface area contributed by atoms with Crippen molar-refractivity contribution >= 4 is 34.1 Å². The molecule has 0 spiro atoms. The third-order valence-electron chi connectivity index (χ3n) is 2.71. The van der Waals surface area contributed by atoms with Crippen LogP contribution in [0, 0.1) is 0 Å². The quantitative estimate of drug-likeness (QED) is 0.824. The van der Waals surface area contributed by atoms with Gasteiger partial charge in [-0.05, 0) is 28.7 Å². The van der Waals surface area contributed by atoms with Gasteiger partial charge in [0, 0.05) is 17.9 Å². The molecule has 0 heterocycles. The van der Waals surface area contributed by atoms with Crippen molar-refractivity contribution in [3.63, 3.8) is 0 Å². The van der Waals surface area contributed by atoms with Crippen LogP contribution in [0.15, 0.2) is 42.5 Å². The lowest BCUT2D eigenvalue weighted by Crippen LogP contribution is -2.12. The molecule has 0 fully saturated rings. The average Bonchev–Trinajstić information content (AvgIpc) is 2.39. The molecule has 0 radical (unpaired) electrons. The molecule has 1 amide bonds. The smallest absolute Gasteiger partial charge is 0.225 e. The van der Waals surface area contributed by atoms with E-state index in [1.165, 1.54) is 5.39 Å². The zero-order valence-electron chi connectivity index (χ0n) is 10.5. The van der Waals surface area contributed by atoms with Crippen LogP contribution >= 0.6 is 11.8 Å². The molecule has 0 aliphatic carbocycles.